The topological polar surface area (TPSA) is 130 Å². The molecule has 0 bridgehead atoms. The van der Waals surface area contributed by atoms with Gasteiger partial charge < -0.3 is 15.3 Å². The molecule has 10 heteroatoms. The molecule has 0 aromatic carbocycles. The van der Waals surface area contributed by atoms with Gasteiger partial charge in [-0.2, -0.15) is 4.98 Å². The van der Waals surface area contributed by atoms with E-state index < -0.39 is 17.3 Å². The number of nitrogens with one attached hydrogen (secondary N) is 1. The van der Waals surface area contributed by atoms with Gasteiger partial charge in [0.2, 0.25) is 11.8 Å². The van der Waals surface area contributed by atoms with E-state index in [0.717, 1.165) is 11.4 Å². The number of aryl methyl sites for hydroxylation is 2. The second-order valence-corrected chi connectivity index (χ2v) is 6.96. The van der Waals surface area contributed by atoms with Crippen molar-refractivity contribution in [1.82, 2.24) is 29.8 Å². The Morgan fingerprint density at radius 3 is 2.85 bits per heavy atom. The van der Waals surface area contributed by atoms with Crippen LogP contribution in [0.2, 0.25) is 0 Å². The first-order valence-electron chi connectivity index (χ1n) is 8.29. The predicted octanol–water partition coefficient (Wildman–Crippen LogP) is -1.06. The zero-order chi connectivity index (χ0) is 18.6. The molecule has 2 aromatic heterocycles. The Morgan fingerprint density at radius 1 is 1.38 bits per heavy atom. The van der Waals surface area contributed by atoms with Gasteiger partial charge in [-0.3, -0.25) is 14.4 Å². The molecule has 0 spiro atoms. The van der Waals surface area contributed by atoms with Crippen molar-refractivity contribution < 1.29 is 19.5 Å². The lowest BCUT2D eigenvalue weighted by atomic mass is 9.81. The van der Waals surface area contributed by atoms with Crippen molar-refractivity contribution in [3.8, 4) is 0 Å². The van der Waals surface area contributed by atoms with Crippen LogP contribution in [0.25, 0.3) is 5.78 Å². The van der Waals surface area contributed by atoms with Crippen LogP contribution in [0, 0.1) is 25.2 Å². The third-order valence-electron chi connectivity index (χ3n) is 5.19. The van der Waals surface area contributed by atoms with Gasteiger partial charge in [0, 0.05) is 31.0 Å². The number of carbonyl (C=O) groups excluding carboxylic acids is 2. The number of aromatic nitrogens is 4. The Labute approximate surface area is 148 Å². The number of hydrogen-bond donors (Lipinski definition) is 2. The molecule has 2 aromatic rings. The summed E-state index contributed by atoms with van der Waals surface area (Å²) in [4.78, 5) is 46.3. The lowest BCUT2D eigenvalue weighted by Crippen LogP contribution is -2.41. The van der Waals surface area contributed by atoms with Crippen molar-refractivity contribution in [1.29, 1.82) is 0 Å². The maximum Gasteiger partial charge on any atom is 0.314 e. The Hall–Kier alpha value is -3.04. The second-order valence-electron chi connectivity index (χ2n) is 6.96. The van der Waals surface area contributed by atoms with E-state index in [4.69, 9.17) is 0 Å². The molecular weight excluding hydrogens is 340 g/mol. The molecule has 2 fully saturated rings. The van der Waals surface area contributed by atoms with E-state index in [9.17, 15) is 19.5 Å². The standard InChI is InChI=1S/C16H18N6O4/c1-8-3-9(2)22-15(18-8)19-11(20-22)4-12(23)21-5-10-13(24)17-6-16(10,7-21)14(25)26/h3,10H,4-7H2,1-2H3,(H,17,24)(H,25,26)/t10-,16+/m0/s1. The van der Waals surface area contributed by atoms with Crippen molar-refractivity contribution in [3.05, 3.63) is 23.3 Å². The van der Waals surface area contributed by atoms with Gasteiger partial charge in [0.25, 0.3) is 5.78 Å². The largest absolute Gasteiger partial charge is 0.481 e. The van der Waals surface area contributed by atoms with Crippen molar-refractivity contribution in [2.75, 3.05) is 19.6 Å². The highest BCUT2D eigenvalue weighted by Gasteiger charge is 2.60. The zero-order valence-electron chi connectivity index (χ0n) is 14.4. The third-order valence-corrected chi connectivity index (χ3v) is 5.19. The van der Waals surface area contributed by atoms with Gasteiger partial charge in [-0.1, -0.05) is 0 Å². The molecular formula is C16H18N6O4. The first-order valence-corrected chi connectivity index (χ1v) is 8.29. The quantitative estimate of drug-likeness (QED) is 0.715. The Bertz CT molecular complexity index is 954. The fourth-order valence-corrected chi connectivity index (χ4v) is 3.80. The van der Waals surface area contributed by atoms with Gasteiger partial charge in [-0.05, 0) is 19.9 Å². The highest BCUT2D eigenvalue weighted by Crippen LogP contribution is 2.40. The first-order chi connectivity index (χ1) is 12.3. The van der Waals surface area contributed by atoms with Gasteiger partial charge >= 0.3 is 5.97 Å². The highest BCUT2D eigenvalue weighted by atomic mass is 16.4. The van der Waals surface area contributed by atoms with E-state index in [1.54, 1.807) is 4.52 Å². The number of fused-ring (bicyclic) bond motifs is 2. The molecule has 2 atom stereocenters. The molecule has 0 aliphatic carbocycles. The van der Waals surface area contributed by atoms with Crippen LogP contribution in [0.4, 0.5) is 0 Å². The van der Waals surface area contributed by atoms with Gasteiger partial charge in [0.05, 0.1) is 12.3 Å². The number of carboxylic acids is 1. The number of amides is 2. The minimum Gasteiger partial charge on any atom is -0.481 e. The zero-order valence-corrected chi connectivity index (χ0v) is 14.4. The Kier molecular flexibility index (Phi) is 3.46. The summed E-state index contributed by atoms with van der Waals surface area (Å²) in [6.45, 7) is 3.88. The summed E-state index contributed by atoms with van der Waals surface area (Å²) in [5.41, 5.74) is 0.423. The summed E-state index contributed by atoms with van der Waals surface area (Å²) < 4.78 is 1.57. The van der Waals surface area contributed by atoms with Gasteiger partial charge in [-0.25, -0.2) is 9.50 Å². The molecule has 136 valence electrons. The van der Waals surface area contributed by atoms with Crippen LogP contribution in [-0.4, -0.2) is 67.0 Å². The first kappa shape index (κ1) is 16.4. The van der Waals surface area contributed by atoms with Crippen LogP contribution in [0.15, 0.2) is 6.07 Å². The summed E-state index contributed by atoms with van der Waals surface area (Å²) in [5, 5.41) is 16.5. The van der Waals surface area contributed by atoms with Gasteiger partial charge in [0.15, 0.2) is 5.82 Å². The predicted molar refractivity (Wildman–Crippen MR) is 87.1 cm³/mol. The molecule has 0 radical (unpaired) electrons. The monoisotopic (exact) mass is 358 g/mol. The average molecular weight is 358 g/mol. The Morgan fingerprint density at radius 2 is 2.15 bits per heavy atom. The van der Waals surface area contributed by atoms with Crippen LogP contribution in [0.3, 0.4) is 0 Å². The van der Waals surface area contributed by atoms with Crippen LogP contribution in [0.1, 0.15) is 17.2 Å². The van der Waals surface area contributed by atoms with E-state index in [1.165, 1.54) is 4.90 Å². The summed E-state index contributed by atoms with van der Waals surface area (Å²) in [7, 11) is 0. The van der Waals surface area contributed by atoms with Crippen LogP contribution in [-0.2, 0) is 20.8 Å². The molecule has 2 aliphatic rings. The molecule has 2 N–H and O–H groups in total. The fraction of sp³-hybridized carbons (Fsp3) is 0.500. The molecule has 4 heterocycles. The molecule has 4 rings (SSSR count). The molecule has 0 unspecified atom stereocenters. The fourth-order valence-electron chi connectivity index (χ4n) is 3.80. The van der Waals surface area contributed by atoms with Crippen LogP contribution < -0.4 is 5.32 Å². The smallest absolute Gasteiger partial charge is 0.314 e. The average Bonchev–Trinajstić information content (AvgIpc) is 3.21. The van der Waals surface area contributed by atoms with E-state index in [2.05, 4.69) is 20.4 Å². The van der Waals surface area contributed by atoms with Gasteiger partial charge in [0.1, 0.15) is 5.41 Å². The summed E-state index contributed by atoms with van der Waals surface area (Å²) >= 11 is 0. The van der Waals surface area contributed by atoms with Gasteiger partial charge in [-0.15, -0.1) is 5.10 Å². The van der Waals surface area contributed by atoms with E-state index in [1.807, 2.05) is 19.9 Å². The van der Waals surface area contributed by atoms with E-state index in [0.29, 0.717) is 11.6 Å². The van der Waals surface area contributed by atoms with Crippen molar-refractivity contribution in [3.63, 3.8) is 0 Å². The van der Waals surface area contributed by atoms with Crippen molar-refractivity contribution in [2.45, 2.75) is 20.3 Å². The lowest BCUT2D eigenvalue weighted by molar-refractivity contribution is -0.150. The number of nitrogens with zero attached hydrogens (tertiary/aromatic N) is 5. The lowest BCUT2D eigenvalue weighted by Gasteiger charge is -2.21. The molecule has 10 nitrogen and oxygen atoms in total. The number of hydrogen-bond acceptors (Lipinski definition) is 6. The molecule has 2 amide bonds. The molecule has 2 saturated heterocycles. The van der Waals surface area contributed by atoms with Crippen LogP contribution >= 0.6 is 0 Å². The molecule has 0 saturated carbocycles. The minimum atomic E-state index is -1.24. The summed E-state index contributed by atoms with van der Waals surface area (Å²) in [5.74, 6) is -1.64. The maximum atomic E-state index is 12.6. The van der Waals surface area contributed by atoms with E-state index in [-0.39, 0.29) is 37.9 Å². The summed E-state index contributed by atoms with van der Waals surface area (Å²) in [6, 6.07) is 1.87. The SMILES string of the molecule is Cc1cc(C)n2nc(CC(=O)N3C[C@H]4C(=O)NC[C@@]4(C(=O)O)C3)nc2n1. The van der Waals surface area contributed by atoms with E-state index >= 15 is 0 Å². The normalized spacial score (nSPS) is 24.8. The maximum absolute atomic E-state index is 12.6. The number of likely N-dealkylation sites (tertiary alicyclic amines) is 1. The number of rotatable bonds is 3. The second kappa shape index (κ2) is 5.48. The highest BCUT2D eigenvalue weighted by molar-refractivity contribution is 5.94. The number of aliphatic carboxylic acids is 1. The van der Waals surface area contributed by atoms with Crippen LogP contribution in [0.5, 0.6) is 0 Å². The molecule has 26 heavy (non-hydrogen) atoms. The number of carboxylic acid groups (broad SMARTS) is 1. The minimum absolute atomic E-state index is 0.00826. The van der Waals surface area contributed by atoms with Crippen molar-refractivity contribution in [2.24, 2.45) is 11.3 Å². The molecule has 2 aliphatic heterocycles. The third kappa shape index (κ3) is 2.32. The number of carbonyl (C=O) groups is 3. The van der Waals surface area contributed by atoms with Crippen molar-refractivity contribution >= 4 is 23.6 Å². The Balaban J connectivity index is 1.55. The summed E-state index contributed by atoms with van der Waals surface area (Å²) in [6.07, 6.45) is -0.0636.